The highest BCUT2D eigenvalue weighted by molar-refractivity contribution is 5.94. The molecule has 0 aliphatic carbocycles. The summed E-state index contributed by atoms with van der Waals surface area (Å²) < 4.78 is 15.6. The third-order valence-electron chi connectivity index (χ3n) is 5.08. The molecular weight excluding hydrogens is 385 g/mol. The summed E-state index contributed by atoms with van der Waals surface area (Å²) in [5, 5.41) is 7.13. The third-order valence-corrected chi connectivity index (χ3v) is 5.08. The lowest BCUT2D eigenvalue weighted by Gasteiger charge is -2.34. The summed E-state index contributed by atoms with van der Waals surface area (Å²) in [4.78, 5) is 28.3. The number of carbonyl (C=O) groups excluding carboxylic acids is 2. The molecule has 7 nitrogen and oxygen atoms in total. The standard InChI is InChI=1S/C22H22FN5O2/c23-20-8-2-1-7-19(20)21(29)26-11-13-27(14-12-26)22(30)24-16-17-5-3-6-18(15-17)28-10-4-9-25-28/h1-10,15H,11-14,16H2,(H,24,30). The van der Waals surface area contributed by atoms with Crippen LogP contribution in [0.3, 0.4) is 0 Å². The fraction of sp³-hybridized carbons (Fsp3) is 0.227. The second-order valence-electron chi connectivity index (χ2n) is 7.04. The van der Waals surface area contributed by atoms with E-state index in [2.05, 4.69) is 10.4 Å². The van der Waals surface area contributed by atoms with E-state index < -0.39 is 5.82 Å². The summed E-state index contributed by atoms with van der Waals surface area (Å²) in [5.74, 6) is -0.872. The molecule has 2 aromatic carbocycles. The second-order valence-corrected chi connectivity index (χ2v) is 7.04. The summed E-state index contributed by atoms with van der Waals surface area (Å²) in [6.45, 7) is 1.94. The van der Waals surface area contributed by atoms with Crippen LogP contribution in [0.4, 0.5) is 9.18 Å². The van der Waals surface area contributed by atoms with Gasteiger partial charge in [-0.2, -0.15) is 5.10 Å². The van der Waals surface area contributed by atoms with Gasteiger partial charge in [-0.25, -0.2) is 13.9 Å². The van der Waals surface area contributed by atoms with E-state index in [-0.39, 0.29) is 17.5 Å². The quantitative estimate of drug-likeness (QED) is 0.723. The van der Waals surface area contributed by atoms with Crippen molar-refractivity contribution in [3.63, 3.8) is 0 Å². The number of halogens is 1. The number of amides is 3. The minimum Gasteiger partial charge on any atom is -0.335 e. The van der Waals surface area contributed by atoms with Crippen LogP contribution >= 0.6 is 0 Å². The number of hydrogen-bond donors (Lipinski definition) is 1. The zero-order valence-corrected chi connectivity index (χ0v) is 16.4. The zero-order chi connectivity index (χ0) is 20.9. The number of nitrogens with zero attached hydrogens (tertiary/aromatic N) is 4. The first-order valence-corrected chi connectivity index (χ1v) is 9.77. The van der Waals surface area contributed by atoms with Gasteiger partial charge in [0.1, 0.15) is 5.82 Å². The Morgan fingerprint density at radius 2 is 1.73 bits per heavy atom. The molecule has 0 saturated carbocycles. The number of benzene rings is 2. The molecule has 8 heteroatoms. The van der Waals surface area contributed by atoms with Crippen LogP contribution in [0.25, 0.3) is 5.69 Å². The van der Waals surface area contributed by atoms with E-state index in [1.165, 1.54) is 12.1 Å². The van der Waals surface area contributed by atoms with E-state index in [4.69, 9.17) is 0 Å². The van der Waals surface area contributed by atoms with Crippen LogP contribution in [0.2, 0.25) is 0 Å². The second kappa shape index (κ2) is 8.77. The van der Waals surface area contributed by atoms with Crippen LogP contribution in [0.5, 0.6) is 0 Å². The Morgan fingerprint density at radius 1 is 0.967 bits per heavy atom. The molecule has 1 aliphatic rings. The summed E-state index contributed by atoms with van der Waals surface area (Å²) in [6, 6.07) is 15.4. The first-order valence-electron chi connectivity index (χ1n) is 9.77. The fourth-order valence-electron chi connectivity index (χ4n) is 3.44. The van der Waals surface area contributed by atoms with Gasteiger partial charge in [0, 0.05) is 45.1 Å². The van der Waals surface area contributed by atoms with Crippen molar-refractivity contribution in [1.82, 2.24) is 24.9 Å². The summed E-state index contributed by atoms with van der Waals surface area (Å²) in [7, 11) is 0. The van der Waals surface area contributed by atoms with Gasteiger partial charge in [-0.1, -0.05) is 24.3 Å². The molecule has 1 fully saturated rings. The highest BCUT2D eigenvalue weighted by Crippen LogP contribution is 2.13. The molecule has 0 radical (unpaired) electrons. The zero-order valence-electron chi connectivity index (χ0n) is 16.4. The van der Waals surface area contributed by atoms with Gasteiger partial charge < -0.3 is 15.1 Å². The first kappa shape index (κ1) is 19.6. The molecule has 30 heavy (non-hydrogen) atoms. The summed E-state index contributed by atoms with van der Waals surface area (Å²) in [6.07, 6.45) is 3.57. The van der Waals surface area contributed by atoms with Gasteiger partial charge >= 0.3 is 6.03 Å². The van der Waals surface area contributed by atoms with Crippen molar-refractivity contribution in [3.8, 4) is 5.69 Å². The van der Waals surface area contributed by atoms with E-state index in [1.54, 1.807) is 32.8 Å². The molecule has 3 aromatic rings. The van der Waals surface area contributed by atoms with Crippen LogP contribution in [-0.4, -0.2) is 57.7 Å². The lowest BCUT2D eigenvalue weighted by atomic mass is 10.1. The molecule has 3 amide bonds. The summed E-state index contributed by atoms with van der Waals surface area (Å²) in [5.41, 5.74) is 1.95. The molecule has 2 heterocycles. The number of rotatable bonds is 4. The van der Waals surface area contributed by atoms with E-state index in [0.29, 0.717) is 32.7 Å². The van der Waals surface area contributed by atoms with Gasteiger partial charge in [0.2, 0.25) is 0 Å². The van der Waals surface area contributed by atoms with Gasteiger partial charge in [0.05, 0.1) is 11.3 Å². The molecule has 1 aromatic heterocycles. The SMILES string of the molecule is O=C(NCc1cccc(-n2cccn2)c1)N1CCN(C(=O)c2ccccc2F)CC1. The predicted molar refractivity (Wildman–Crippen MR) is 110 cm³/mol. The van der Waals surface area contributed by atoms with Crippen LogP contribution < -0.4 is 5.32 Å². The number of aromatic nitrogens is 2. The number of hydrogen-bond acceptors (Lipinski definition) is 3. The molecule has 0 unspecified atom stereocenters. The molecule has 0 atom stereocenters. The van der Waals surface area contributed by atoms with Crippen LogP contribution in [0.1, 0.15) is 15.9 Å². The van der Waals surface area contributed by atoms with Crippen molar-refractivity contribution in [1.29, 1.82) is 0 Å². The van der Waals surface area contributed by atoms with Gasteiger partial charge in [-0.15, -0.1) is 0 Å². The molecule has 1 aliphatic heterocycles. The normalized spacial score (nSPS) is 13.9. The molecule has 0 spiro atoms. The molecule has 0 bridgehead atoms. The monoisotopic (exact) mass is 407 g/mol. The average Bonchev–Trinajstić information content (AvgIpc) is 3.33. The van der Waals surface area contributed by atoms with Crippen molar-refractivity contribution in [3.05, 3.63) is 83.9 Å². The topological polar surface area (TPSA) is 70.5 Å². The van der Waals surface area contributed by atoms with Crippen molar-refractivity contribution in [2.75, 3.05) is 26.2 Å². The Hall–Kier alpha value is -3.68. The largest absolute Gasteiger partial charge is 0.335 e. The molecule has 1 saturated heterocycles. The first-order chi connectivity index (χ1) is 14.6. The average molecular weight is 407 g/mol. The Balaban J connectivity index is 1.29. The van der Waals surface area contributed by atoms with Gasteiger partial charge in [-0.3, -0.25) is 4.79 Å². The number of carbonyl (C=O) groups is 2. The van der Waals surface area contributed by atoms with Crippen molar-refractivity contribution < 1.29 is 14.0 Å². The Labute approximate surface area is 173 Å². The Kier molecular flexibility index (Phi) is 5.74. The van der Waals surface area contributed by atoms with E-state index >= 15 is 0 Å². The van der Waals surface area contributed by atoms with Crippen molar-refractivity contribution in [2.24, 2.45) is 0 Å². The highest BCUT2D eigenvalue weighted by Gasteiger charge is 2.26. The molecular formula is C22H22FN5O2. The molecule has 1 N–H and O–H groups in total. The van der Waals surface area contributed by atoms with Gasteiger partial charge in [0.15, 0.2) is 0 Å². The maximum atomic E-state index is 13.9. The predicted octanol–water partition coefficient (Wildman–Crippen LogP) is 2.68. The lowest BCUT2D eigenvalue weighted by molar-refractivity contribution is 0.0660. The highest BCUT2D eigenvalue weighted by atomic mass is 19.1. The van der Waals surface area contributed by atoms with Crippen molar-refractivity contribution in [2.45, 2.75) is 6.54 Å². The van der Waals surface area contributed by atoms with Gasteiger partial charge in [0.25, 0.3) is 5.91 Å². The maximum Gasteiger partial charge on any atom is 0.317 e. The van der Waals surface area contributed by atoms with E-state index in [0.717, 1.165) is 11.3 Å². The van der Waals surface area contributed by atoms with E-state index in [9.17, 15) is 14.0 Å². The minimum absolute atomic E-state index is 0.0625. The maximum absolute atomic E-state index is 13.9. The lowest BCUT2D eigenvalue weighted by Crippen LogP contribution is -2.53. The number of urea groups is 1. The number of piperazine rings is 1. The fourth-order valence-corrected chi connectivity index (χ4v) is 3.44. The van der Waals surface area contributed by atoms with Crippen LogP contribution in [-0.2, 0) is 6.54 Å². The van der Waals surface area contributed by atoms with Crippen LogP contribution in [0.15, 0.2) is 67.0 Å². The van der Waals surface area contributed by atoms with Gasteiger partial charge in [-0.05, 0) is 35.9 Å². The third kappa shape index (κ3) is 4.32. The smallest absolute Gasteiger partial charge is 0.317 e. The molecule has 154 valence electrons. The molecule has 4 rings (SSSR count). The summed E-state index contributed by atoms with van der Waals surface area (Å²) >= 11 is 0. The Bertz CT molecular complexity index is 1030. The van der Waals surface area contributed by atoms with Crippen LogP contribution in [0, 0.1) is 5.82 Å². The van der Waals surface area contributed by atoms with E-state index in [1.807, 2.05) is 36.5 Å². The number of nitrogens with one attached hydrogen (secondary N) is 1. The minimum atomic E-state index is -0.528. The Morgan fingerprint density at radius 3 is 2.47 bits per heavy atom. The van der Waals surface area contributed by atoms with Crippen molar-refractivity contribution >= 4 is 11.9 Å².